The Bertz CT molecular complexity index is 621. The molecule has 6 N–H and O–H groups in total. The maximum absolute atomic E-state index is 12.8. The van der Waals surface area contributed by atoms with Crippen molar-refractivity contribution in [2.24, 2.45) is 16.5 Å². The third-order valence-corrected chi connectivity index (χ3v) is 4.80. The molecule has 0 aromatic heterocycles. The molecule has 148 valence electrons. The number of carbonyl (C=O) groups excluding carboxylic acids is 2. The molecule has 1 atom stereocenters. The van der Waals surface area contributed by atoms with Crippen LogP contribution in [0.2, 0.25) is 0 Å². The number of guanidine groups is 1. The zero-order valence-corrected chi connectivity index (χ0v) is 15.8. The van der Waals surface area contributed by atoms with Crippen LogP contribution in [0.25, 0.3) is 0 Å². The number of carbonyl (C=O) groups is 2. The molecule has 27 heavy (non-hydrogen) atoms. The minimum atomic E-state index is -0.602. The van der Waals surface area contributed by atoms with Crippen molar-refractivity contribution < 1.29 is 9.59 Å². The smallest absolute Gasteiger partial charge is 0.251 e. The van der Waals surface area contributed by atoms with Crippen molar-refractivity contribution in [1.29, 1.82) is 0 Å². The molecule has 1 aromatic carbocycles. The lowest BCUT2D eigenvalue weighted by Crippen LogP contribution is -2.49. The molecule has 1 aromatic rings. The highest BCUT2D eigenvalue weighted by Gasteiger charge is 2.24. The van der Waals surface area contributed by atoms with Gasteiger partial charge in [-0.25, -0.2) is 0 Å². The minimum Gasteiger partial charge on any atom is -0.370 e. The topological polar surface area (TPSA) is 123 Å². The molecule has 0 aliphatic heterocycles. The molecule has 2 rings (SSSR count). The summed E-state index contributed by atoms with van der Waals surface area (Å²) in [7, 11) is 0. The first-order valence-electron chi connectivity index (χ1n) is 9.78. The predicted molar refractivity (Wildman–Crippen MR) is 107 cm³/mol. The van der Waals surface area contributed by atoms with E-state index in [0.29, 0.717) is 24.9 Å². The number of hydrogen-bond donors (Lipinski definition) is 4. The SMILES string of the molecule is NC(N)=NCCC[C@H](NC(=O)c1ccccc1)C(=O)NC1CCCCCC1. The first-order chi connectivity index (χ1) is 13.1. The summed E-state index contributed by atoms with van der Waals surface area (Å²) in [6, 6.07) is 8.50. The van der Waals surface area contributed by atoms with E-state index in [1.165, 1.54) is 12.8 Å². The summed E-state index contributed by atoms with van der Waals surface area (Å²) in [5, 5.41) is 5.99. The second-order valence-corrected chi connectivity index (χ2v) is 7.04. The Morgan fingerprint density at radius 3 is 2.37 bits per heavy atom. The van der Waals surface area contributed by atoms with E-state index in [1.54, 1.807) is 24.3 Å². The van der Waals surface area contributed by atoms with Gasteiger partial charge in [0.1, 0.15) is 6.04 Å². The molecule has 1 fully saturated rings. The van der Waals surface area contributed by atoms with Gasteiger partial charge in [-0.1, -0.05) is 43.9 Å². The standard InChI is InChI=1S/C20H31N5O2/c21-20(22)23-14-8-13-17(25-18(26)15-9-4-3-5-10-15)19(27)24-16-11-6-1-2-7-12-16/h3-5,9-10,16-17H,1-2,6-8,11-14H2,(H,24,27)(H,25,26)(H4,21,22,23)/t17-/m0/s1. The fourth-order valence-electron chi connectivity index (χ4n) is 3.33. The third kappa shape index (κ3) is 7.68. The van der Waals surface area contributed by atoms with Crippen LogP contribution in [0.1, 0.15) is 61.7 Å². The summed E-state index contributed by atoms with van der Waals surface area (Å²) in [4.78, 5) is 29.2. The van der Waals surface area contributed by atoms with Gasteiger partial charge in [0.05, 0.1) is 0 Å². The number of rotatable bonds is 8. The summed E-state index contributed by atoms with van der Waals surface area (Å²) in [6.07, 6.45) is 7.80. The van der Waals surface area contributed by atoms with Crippen LogP contribution in [0.5, 0.6) is 0 Å². The van der Waals surface area contributed by atoms with Crippen molar-refractivity contribution in [2.75, 3.05) is 6.54 Å². The maximum atomic E-state index is 12.8. The van der Waals surface area contributed by atoms with Crippen LogP contribution in [0.3, 0.4) is 0 Å². The third-order valence-electron chi connectivity index (χ3n) is 4.80. The quantitative estimate of drug-likeness (QED) is 0.240. The van der Waals surface area contributed by atoms with Crippen LogP contribution >= 0.6 is 0 Å². The van der Waals surface area contributed by atoms with Gasteiger partial charge in [0.25, 0.3) is 5.91 Å². The largest absolute Gasteiger partial charge is 0.370 e. The lowest BCUT2D eigenvalue weighted by Gasteiger charge is -2.22. The fourth-order valence-corrected chi connectivity index (χ4v) is 3.33. The van der Waals surface area contributed by atoms with E-state index in [2.05, 4.69) is 15.6 Å². The van der Waals surface area contributed by atoms with Gasteiger partial charge in [-0.3, -0.25) is 14.6 Å². The summed E-state index contributed by atoms with van der Waals surface area (Å²) in [5.41, 5.74) is 11.2. The van der Waals surface area contributed by atoms with Crippen molar-refractivity contribution >= 4 is 17.8 Å². The van der Waals surface area contributed by atoms with Gasteiger partial charge in [0.15, 0.2) is 5.96 Å². The van der Waals surface area contributed by atoms with E-state index < -0.39 is 6.04 Å². The molecule has 7 heteroatoms. The van der Waals surface area contributed by atoms with Crippen LogP contribution in [0.4, 0.5) is 0 Å². The number of nitrogens with two attached hydrogens (primary N) is 2. The van der Waals surface area contributed by atoms with Crippen LogP contribution in [-0.2, 0) is 4.79 Å². The van der Waals surface area contributed by atoms with Gasteiger partial charge >= 0.3 is 0 Å². The van der Waals surface area contributed by atoms with Crippen molar-refractivity contribution in [1.82, 2.24) is 10.6 Å². The average Bonchev–Trinajstić information content (AvgIpc) is 2.93. The Balaban J connectivity index is 1.97. The van der Waals surface area contributed by atoms with Crippen LogP contribution in [-0.4, -0.2) is 36.4 Å². The predicted octanol–water partition coefficient (Wildman–Crippen LogP) is 1.68. The van der Waals surface area contributed by atoms with Gasteiger partial charge in [0, 0.05) is 18.2 Å². The Kier molecular flexibility index (Phi) is 8.61. The van der Waals surface area contributed by atoms with E-state index in [-0.39, 0.29) is 23.8 Å². The summed E-state index contributed by atoms with van der Waals surface area (Å²) in [5.74, 6) is -0.350. The van der Waals surface area contributed by atoms with Crippen molar-refractivity contribution in [3.8, 4) is 0 Å². The average molecular weight is 374 g/mol. The highest BCUT2D eigenvalue weighted by Crippen LogP contribution is 2.17. The van der Waals surface area contributed by atoms with Gasteiger partial charge in [-0.15, -0.1) is 0 Å². The molecule has 0 spiro atoms. The Hall–Kier alpha value is -2.57. The zero-order chi connectivity index (χ0) is 19.5. The maximum Gasteiger partial charge on any atom is 0.251 e. The van der Waals surface area contributed by atoms with E-state index >= 15 is 0 Å². The highest BCUT2D eigenvalue weighted by atomic mass is 16.2. The van der Waals surface area contributed by atoms with E-state index in [9.17, 15) is 9.59 Å². The summed E-state index contributed by atoms with van der Waals surface area (Å²) in [6.45, 7) is 0.427. The summed E-state index contributed by atoms with van der Waals surface area (Å²) >= 11 is 0. The number of benzene rings is 1. The molecule has 0 heterocycles. The van der Waals surface area contributed by atoms with Crippen LogP contribution in [0, 0.1) is 0 Å². The van der Waals surface area contributed by atoms with Gasteiger partial charge < -0.3 is 22.1 Å². The second kappa shape index (κ2) is 11.2. The van der Waals surface area contributed by atoms with Crippen molar-refractivity contribution in [3.63, 3.8) is 0 Å². The van der Waals surface area contributed by atoms with Gasteiger partial charge in [-0.05, 0) is 37.8 Å². The normalized spacial score (nSPS) is 16.0. The van der Waals surface area contributed by atoms with Crippen LogP contribution in [0.15, 0.2) is 35.3 Å². The zero-order valence-electron chi connectivity index (χ0n) is 15.8. The molecule has 2 amide bonds. The number of nitrogens with one attached hydrogen (secondary N) is 2. The van der Waals surface area contributed by atoms with Crippen molar-refractivity contribution in [3.05, 3.63) is 35.9 Å². The molecule has 1 saturated carbocycles. The minimum absolute atomic E-state index is 0.0304. The number of amides is 2. The molecule has 0 saturated heterocycles. The molecule has 0 unspecified atom stereocenters. The lowest BCUT2D eigenvalue weighted by molar-refractivity contribution is -0.124. The Morgan fingerprint density at radius 1 is 1.07 bits per heavy atom. The van der Waals surface area contributed by atoms with E-state index in [1.807, 2.05) is 6.07 Å². The molecule has 1 aliphatic rings. The Morgan fingerprint density at radius 2 is 1.74 bits per heavy atom. The monoisotopic (exact) mass is 373 g/mol. The number of hydrogen-bond acceptors (Lipinski definition) is 3. The molecule has 1 aliphatic carbocycles. The summed E-state index contributed by atoms with van der Waals surface area (Å²) < 4.78 is 0. The molecular weight excluding hydrogens is 342 g/mol. The molecule has 0 bridgehead atoms. The molecular formula is C20H31N5O2. The number of aliphatic imine (C=N–C) groups is 1. The number of nitrogens with zero attached hydrogens (tertiary/aromatic N) is 1. The van der Waals surface area contributed by atoms with Crippen molar-refractivity contribution in [2.45, 2.75) is 63.5 Å². The molecule has 7 nitrogen and oxygen atoms in total. The highest BCUT2D eigenvalue weighted by molar-refractivity contribution is 5.97. The second-order valence-electron chi connectivity index (χ2n) is 7.04. The van der Waals surface area contributed by atoms with Gasteiger partial charge in [-0.2, -0.15) is 0 Å². The van der Waals surface area contributed by atoms with E-state index in [4.69, 9.17) is 11.5 Å². The van der Waals surface area contributed by atoms with Crippen LogP contribution < -0.4 is 22.1 Å². The molecule has 0 radical (unpaired) electrons. The fraction of sp³-hybridized carbons (Fsp3) is 0.550. The Labute approximate surface area is 161 Å². The van der Waals surface area contributed by atoms with E-state index in [0.717, 1.165) is 25.7 Å². The lowest BCUT2D eigenvalue weighted by atomic mass is 10.1. The van der Waals surface area contributed by atoms with Gasteiger partial charge in [0.2, 0.25) is 5.91 Å². The first-order valence-corrected chi connectivity index (χ1v) is 9.78. The first kappa shape index (κ1) is 20.7.